The zero-order valence-electron chi connectivity index (χ0n) is 13.4. The van der Waals surface area contributed by atoms with Gasteiger partial charge in [-0.2, -0.15) is 0 Å². The molecular weight excluding hydrogens is 300 g/mol. The van der Waals surface area contributed by atoms with Gasteiger partial charge < -0.3 is 15.8 Å². The van der Waals surface area contributed by atoms with Crippen LogP contribution in [-0.4, -0.2) is 18.6 Å². The van der Waals surface area contributed by atoms with Gasteiger partial charge in [0.25, 0.3) is 0 Å². The molecule has 1 amide bonds. The number of hydrogen-bond donors (Lipinski definition) is 2. The van der Waals surface area contributed by atoms with Crippen molar-refractivity contribution in [1.29, 1.82) is 0 Å². The molecule has 1 aromatic rings. The number of ether oxygens (including phenoxy) is 1. The predicted octanol–water partition coefficient (Wildman–Crippen LogP) is 3.60. The van der Waals surface area contributed by atoms with E-state index in [1.54, 1.807) is 0 Å². The molecule has 0 aromatic heterocycles. The van der Waals surface area contributed by atoms with E-state index in [-0.39, 0.29) is 30.3 Å². The van der Waals surface area contributed by atoms with Gasteiger partial charge in [-0.3, -0.25) is 4.79 Å². The summed E-state index contributed by atoms with van der Waals surface area (Å²) in [6.07, 6.45) is 3.64. The van der Waals surface area contributed by atoms with Gasteiger partial charge in [0.15, 0.2) is 0 Å². The van der Waals surface area contributed by atoms with Crippen molar-refractivity contribution in [2.24, 2.45) is 17.6 Å². The van der Waals surface area contributed by atoms with Crippen LogP contribution in [-0.2, 0) is 4.79 Å². The summed E-state index contributed by atoms with van der Waals surface area (Å²) in [6.45, 7) is 5.05. The van der Waals surface area contributed by atoms with Gasteiger partial charge in [0.2, 0.25) is 5.91 Å². The largest absolute Gasteiger partial charge is 0.494 e. The van der Waals surface area contributed by atoms with E-state index in [2.05, 4.69) is 19.2 Å². The monoisotopic (exact) mass is 326 g/mol. The van der Waals surface area contributed by atoms with E-state index in [1.807, 2.05) is 24.3 Å². The first-order valence-electron chi connectivity index (χ1n) is 7.84. The van der Waals surface area contributed by atoms with E-state index in [0.717, 1.165) is 37.1 Å². The highest BCUT2D eigenvalue weighted by molar-refractivity contribution is 5.92. The quantitative estimate of drug-likeness (QED) is 0.839. The number of halogens is 1. The molecule has 2 rings (SSSR count). The molecule has 0 radical (unpaired) electrons. The lowest BCUT2D eigenvalue weighted by atomic mass is 10.1. The smallest absolute Gasteiger partial charge is 0.227 e. The minimum absolute atomic E-state index is 0. The van der Waals surface area contributed by atoms with Crippen LogP contribution in [0.4, 0.5) is 5.69 Å². The molecule has 1 aliphatic carbocycles. The second kappa shape index (κ2) is 9.01. The highest BCUT2D eigenvalue weighted by Gasteiger charge is 2.27. The number of benzene rings is 1. The van der Waals surface area contributed by atoms with Crippen LogP contribution in [0, 0.1) is 11.8 Å². The van der Waals surface area contributed by atoms with Crippen LogP contribution < -0.4 is 15.8 Å². The summed E-state index contributed by atoms with van der Waals surface area (Å²) in [5, 5.41) is 2.97. The summed E-state index contributed by atoms with van der Waals surface area (Å²) in [5.41, 5.74) is 6.65. The number of anilines is 1. The van der Waals surface area contributed by atoms with Crippen LogP contribution in [0.5, 0.6) is 5.75 Å². The molecule has 0 heterocycles. The molecule has 2 unspecified atom stereocenters. The lowest BCUT2D eigenvalue weighted by molar-refractivity contribution is -0.119. The summed E-state index contributed by atoms with van der Waals surface area (Å²) < 4.78 is 5.71. The Kier molecular flexibility index (Phi) is 7.69. The summed E-state index contributed by atoms with van der Waals surface area (Å²) in [7, 11) is 0. The summed E-state index contributed by atoms with van der Waals surface area (Å²) in [6, 6.07) is 7.77. The molecule has 1 saturated carbocycles. The zero-order valence-corrected chi connectivity index (χ0v) is 14.2. The first-order valence-corrected chi connectivity index (χ1v) is 7.84. The molecule has 1 aromatic carbocycles. The first-order chi connectivity index (χ1) is 10.0. The molecule has 3 N–H and O–H groups in total. The Morgan fingerprint density at radius 2 is 2.18 bits per heavy atom. The van der Waals surface area contributed by atoms with E-state index in [9.17, 15) is 4.79 Å². The van der Waals surface area contributed by atoms with Crippen LogP contribution in [0.1, 0.15) is 39.5 Å². The van der Waals surface area contributed by atoms with Gasteiger partial charge in [0.05, 0.1) is 6.61 Å². The minimum atomic E-state index is 0. The van der Waals surface area contributed by atoms with Crippen LogP contribution in [0.25, 0.3) is 0 Å². The van der Waals surface area contributed by atoms with Crippen molar-refractivity contribution in [2.45, 2.75) is 45.6 Å². The Bertz CT molecular complexity index is 479. The highest BCUT2D eigenvalue weighted by Crippen LogP contribution is 2.26. The molecule has 2 atom stereocenters. The second-order valence-electron chi connectivity index (χ2n) is 6.32. The maximum atomic E-state index is 12.2. The number of nitrogens with two attached hydrogens (primary N) is 1. The van der Waals surface area contributed by atoms with E-state index >= 15 is 0 Å². The minimum Gasteiger partial charge on any atom is -0.494 e. The third-order valence-corrected chi connectivity index (χ3v) is 3.91. The number of carbonyl (C=O) groups is 1. The lowest BCUT2D eigenvalue weighted by Gasteiger charge is -2.12. The van der Waals surface area contributed by atoms with Gasteiger partial charge in [-0.1, -0.05) is 19.9 Å². The maximum Gasteiger partial charge on any atom is 0.227 e. The SMILES string of the molecule is CC(C)CCOc1cccc(NC(=O)C2CCC(N)C2)c1.Cl. The molecular formula is C17H27ClN2O2. The fraction of sp³-hybridized carbons (Fsp3) is 0.588. The highest BCUT2D eigenvalue weighted by atomic mass is 35.5. The normalized spacial score (nSPS) is 20.5. The number of carbonyl (C=O) groups excluding carboxylic acids is 1. The topological polar surface area (TPSA) is 64.3 Å². The van der Waals surface area contributed by atoms with E-state index in [1.165, 1.54) is 0 Å². The van der Waals surface area contributed by atoms with Crippen LogP contribution in [0.2, 0.25) is 0 Å². The number of amides is 1. The average Bonchev–Trinajstić information content (AvgIpc) is 2.85. The van der Waals surface area contributed by atoms with Crippen molar-refractivity contribution < 1.29 is 9.53 Å². The van der Waals surface area contributed by atoms with E-state index in [4.69, 9.17) is 10.5 Å². The van der Waals surface area contributed by atoms with Crippen molar-refractivity contribution in [2.75, 3.05) is 11.9 Å². The van der Waals surface area contributed by atoms with Gasteiger partial charge in [-0.25, -0.2) is 0 Å². The van der Waals surface area contributed by atoms with Gasteiger partial charge in [-0.15, -0.1) is 12.4 Å². The van der Waals surface area contributed by atoms with Crippen molar-refractivity contribution in [3.8, 4) is 5.75 Å². The van der Waals surface area contributed by atoms with Gasteiger partial charge in [-0.05, 0) is 43.7 Å². The van der Waals surface area contributed by atoms with Crippen molar-refractivity contribution in [1.82, 2.24) is 0 Å². The lowest BCUT2D eigenvalue weighted by Crippen LogP contribution is -2.23. The van der Waals surface area contributed by atoms with Crippen LogP contribution >= 0.6 is 12.4 Å². The molecule has 22 heavy (non-hydrogen) atoms. The molecule has 0 saturated heterocycles. The fourth-order valence-corrected chi connectivity index (χ4v) is 2.57. The predicted molar refractivity (Wildman–Crippen MR) is 92.6 cm³/mol. The summed E-state index contributed by atoms with van der Waals surface area (Å²) >= 11 is 0. The van der Waals surface area contributed by atoms with Crippen LogP contribution in [0.15, 0.2) is 24.3 Å². The molecule has 4 nitrogen and oxygen atoms in total. The van der Waals surface area contributed by atoms with Gasteiger partial charge in [0.1, 0.15) is 5.75 Å². The molecule has 5 heteroatoms. The molecule has 0 bridgehead atoms. The Balaban J connectivity index is 0.00000242. The van der Waals surface area contributed by atoms with Crippen molar-refractivity contribution >= 4 is 24.0 Å². The zero-order chi connectivity index (χ0) is 15.2. The second-order valence-corrected chi connectivity index (χ2v) is 6.32. The Hall–Kier alpha value is -1.26. The average molecular weight is 327 g/mol. The third-order valence-electron chi connectivity index (χ3n) is 3.91. The van der Waals surface area contributed by atoms with E-state index in [0.29, 0.717) is 12.5 Å². The Labute approximate surface area is 139 Å². The molecule has 1 aliphatic rings. The Morgan fingerprint density at radius 3 is 2.82 bits per heavy atom. The van der Waals surface area contributed by atoms with Crippen molar-refractivity contribution in [3.05, 3.63) is 24.3 Å². The number of hydrogen-bond acceptors (Lipinski definition) is 3. The molecule has 1 fully saturated rings. The third kappa shape index (κ3) is 5.85. The number of rotatable bonds is 6. The summed E-state index contributed by atoms with van der Waals surface area (Å²) in [4.78, 5) is 12.2. The van der Waals surface area contributed by atoms with Gasteiger partial charge >= 0.3 is 0 Å². The van der Waals surface area contributed by atoms with Crippen LogP contribution in [0.3, 0.4) is 0 Å². The van der Waals surface area contributed by atoms with E-state index < -0.39 is 0 Å². The summed E-state index contributed by atoms with van der Waals surface area (Å²) in [5.74, 6) is 1.55. The first kappa shape index (κ1) is 18.8. The number of nitrogens with one attached hydrogen (secondary N) is 1. The molecule has 0 aliphatic heterocycles. The maximum absolute atomic E-state index is 12.2. The Morgan fingerprint density at radius 1 is 1.41 bits per heavy atom. The fourth-order valence-electron chi connectivity index (χ4n) is 2.57. The van der Waals surface area contributed by atoms with Crippen molar-refractivity contribution in [3.63, 3.8) is 0 Å². The van der Waals surface area contributed by atoms with Gasteiger partial charge in [0, 0.05) is 23.7 Å². The standard InChI is InChI=1S/C17H26N2O2.ClH/c1-12(2)8-9-21-16-5-3-4-15(11-16)19-17(20)13-6-7-14(18)10-13;/h3-5,11-14H,6-10,18H2,1-2H3,(H,19,20);1H. The molecule has 0 spiro atoms. The molecule has 124 valence electrons.